The molecular formula is C16H14ClNO3. The van der Waals surface area contributed by atoms with E-state index in [1.165, 1.54) is 12.1 Å². The van der Waals surface area contributed by atoms with Crippen LogP contribution in [0.15, 0.2) is 41.3 Å². The van der Waals surface area contributed by atoms with Gasteiger partial charge in [-0.05, 0) is 37.6 Å². The molecule has 0 amide bonds. The third kappa shape index (κ3) is 3.41. The lowest BCUT2D eigenvalue weighted by Crippen LogP contribution is -2.12. The van der Waals surface area contributed by atoms with Crippen molar-refractivity contribution in [3.63, 3.8) is 0 Å². The van der Waals surface area contributed by atoms with E-state index in [2.05, 4.69) is 0 Å². The van der Waals surface area contributed by atoms with E-state index in [-0.39, 0.29) is 5.43 Å². The molecule has 4 nitrogen and oxygen atoms in total. The molecule has 0 unspecified atom stereocenters. The van der Waals surface area contributed by atoms with Crippen LogP contribution in [0.2, 0.25) is 5.02 Å². The van der Waals surface area contributed by atoms with Crippen molar-refractivity contribution in [3.05, 3.63) is 68.6 Å². The first-order valence-electron chi connectivity index (χ1n) is 6.29. The van der Waals surface area contributed by atoms with Gasteiger partial charge in [-0.1, -0.05) is 17.7 Å². The summed E-state index contributed by atoms with van der Waals surface area (Å²) in [4.78, 5) is 22.5. The standard InChI is InChI=1S/C16H14ClNO3/c1-10-3-5-13(17)8-14(10)18-9-12(4-6-16(20)21)15(19)7-11(18)2/h3-9H,1-2H3,(H,20,21)/b6-4+. The summed E-state index contributed by atoms with van der Waals surface area (Å²) in [5.41, 5.74) is 2.69. The number of carbonyl (C=O) groups is 1. The molecule has 1 N–H and O–H groups in total. The highest BCUT2D eigenvalue weighted by molar-refractivity contribution is 6.30. The number of carboxylic acid groups (broad SMARTS) is 1. The van der Waals surface area contributed by atoms with Gasteiger partial charge >= 0.3 is 5.97 Å². The Morgan fingerprint density at radius 1 is 1.29 bits per heavy atom. The quantitative estimate of drug-likeness (QED) is 0.886. The van der Waals surface area contributed by atoms with Gasteiger partial charge in [0.05, 0.1) is 0 Å². The lowest BCUT2D eigenvalue weighted by Gasteiger charge is -2.14. The van der Waals surface area contributed by atoms with Gasteiger partial charge in [-0.2, -0.15) is 0 Å². The third-order valence-electron chi connectivity index (χ3n) is 3.11. The van der Waals surface area contributed by atoms with Crippen molar-refractivity contribution in [1.82, 2.24) is 4.57 Å². The van der Waals surface area contributed by atoms with Gasteiger partial charge in [-0.3, -0.25) is 4.79 Å². The average molecular weight is 304 g/mol. The monoisotopic (exact) mass is 303 g/mol. The van der Waals surface area contributed by atoms with E-state index in [9.17, 15) is 9.59 Å². The summed E-state index contributed by atoms with van der Waals surface area (Å²) in [5.74, 6) is -1.10. The molecule has 108 valence electrons. The van der Waals surface area contributed by atoms with Crippen molar-refractivity contribution < 1.29 is 9.90 Å². The fourth-order valence-electron chi connectivity index (χ4n) is 2.03. The molecule has 0 aliphatic rings. The van der Waals surface area contributed by atoms with Gasteiger partial charge in [0.15, 0.2) is 5.43 Å². The number of halogens is 1. The third-order valence-corrected chi connectivity index (χ3v) is 3.34. The average Bonchev–Trinajstić information content (AvgIpc) is 2.41. The molecule has 0 radical (unpaired) electrons. The van der Waals surface area contributed by atoms with E-state index < -0.39 is 5.97 Å². The SMILES string of the molecule is Cc1ccc(Cl)cc1-n1cc(/C=C/C(=O)O)c(=O)cc1C. The van der Waals surface area contributed by atoms with Crippen LogP contribution in [0.1, 0.15) is 16.8 Å². The van der Waals surface area contributed by atoms with E-state index in [0.29, 0.717) is 10.6 Å². The molecule has 1 aromatic heterocycles. The number of hydrogen-bond acceptors (Lipinski definition) is 2. The van der Waals surface area contributed by atoms with Gasteiger partial charge in [0.2, 0.25) is 0 Å². The van der Waals surface area contributed by atoms with Gasteiger partial charge in [0.1, 0.15) is 0 Å². The number of rotatable bonds is 3. The smallest absolute Gasteiger partial charge is 0.328 e. The predicted molar refractivity (Wildman–Crippen MR) is 83.2 cm³/mol. The van der Waals surface area contributed by atoms with Gasteiger partial charge in [0, 0.05) is 40.3 Å². The van der Waals surface area contributed by atoms with Gasteiger partial charge in [-0.15, -0.1) is 0 Å². The van der Waals surface area contributed by atoms with Crippen LogP contribution in [0.5, 0.6) is 0 Å². The first-order valence-corrected chi connectivity index (χ1v) is 6.67. The Bertz CT molecular complexity index is 791. The van der Waals surface area contributed by atoms with Crippen LogP contribution in [0.4, 0.5) is 0 Å². The Kier molecular flexibility index (Phi) is 4.29. The second-order valence-electron chi connectivity index (χ2n) is 4.71. The summed E-state index contributed by atoms with van der Waals surface area (Å²) in [6, 6.07) is 6.96. The van der Waals surface area contributed by atoms with Crippen molar-refractivity contribution in [3.8, 4) is 5.69 Å². The van der Waals surface area contributed by atoms with Gasteiger partial charge < -0.3 is 9.67 Å². The van der Waals surface area contributed by atoms with Crippen molar-refractivity contribution in [2.75, 3.05) is 0 Å². The zero-order chi connectivity index (χ0) is 15.6. The molecular weight excluding hydrogens is 290 g/mol. The first-order chi connectivity index (χ1) is 9.88. The molecule has 0 spiro atoms. The van der Waals surface area contributed by atoms with E-state index >= 15 is 0 Å². The Morgan fingerprint density at radius 3 is 2.67 bits per heavy atom. The van der Waals surface area contributed by atoms with Crippen LogP contribution in [0.25, 0.3) is 11.8 Å². The summed E-state index contributed by atoms with van der Waals surface area (Å²) in [7, 11) is 0. The Morgan fingerprint density at radius 2 is 2.00 bits per heavy atom. The molecule has 5 heteroatoms. The van der Waals surface area contributed by atoms with Crippen LogP contribution in [-0.2, 0) is 4.79 Å². The predicted octanol–water partition coefficient (Wildman–Crippen LogP) is 3.21. The molecule has 0 fully saturated rings. The Hall–Kier alpha value is -2.33. The molecule has 0 bridgehead atoms. The minimum Gasteiger partial charge on any atom is -0.478 e. The number of pyridine rings is 1. The van der Waals surface area contributed by atoms with E-state index in [1.807, 2.05) is 24.5 Å². The van der Waals surface area contributed by atoms with Crippen LogP contribution in [0, 0.1) is 13.8 Å². The molecule has 0 aliphatic carbocycles. The maximum absolute atomic E-state index is 11.9. The van der Waals surface area contributed by atoms with E-state index in [4.69, 9.17) is 16.7 Å². The van der Waals surface area contributed by atoms with Crippen LogP contribution in [-0.4, -0.2) is 15.6 Å². The van der Waals surface area contributed by atoms with Crippen LogP contribution in [0.3, 0.4) is 0 Å². The highest BCUT2D eigenvalue weighted by atomic mass is 35.5. The molecule has 0 saturated carbocycles. The second kappa shape index (κ2) is 5.97. The summed E-state index contributed by atoms with van der Waals surface area (Å²) in [6.45, 7) is 3.75. The minimum absolute atomic E-state index is 0.221. The topological polar surface area (TPSA) is 59.3 Å². The second-order valence-corrected chi connectivity index (χ2v) is 5.14. The summed E-state index contributed by atoms with van der Waals surface area (Å²) < 4.78 is 1.82. The van der Waals surface area contributed by atoms with E-state index in [0.717, 1.165) is 23.0 Å². The summed E-state index contributed by atoms with van der Waals surface area (Å²) in [5, 5.41) is 9.27. The van der Waals surface area contributed by atoms with Gasteiger partial charge in [-0.25, -0.2) is 4.79 Å². The Labute approximate surface area is 126 Å². The van der Waals surface area contributed by atoms with E-state index in [1.54, 1.807) is 18.3 Å². The number of carboxylic acids is 1. The van der Waals surface area contributed by atoms with Crippen LogP contribution >= 0.6 is 11.6 Å². The van der Waals surface area contributed by atoms with Gasteiger partial charge in [0.25, 0.3) is 0 Å². The number of hydrogen-bond donors (Lipinski definition) is 1. The molecule has 0 atom stereocenters. The lowest BCUT2D eigenvalue weighted by molar-refractivity contribution is -0.131. The Balaban J connectivity index is 2.64. The number of aliphatic carboxylic acids is 1. The number of aromatic nitrogens is 1. The zero-order valence-corrected chi connectivity index (χ0v) is 12.4. The molecule has 0 aliphatic heterocycles. The maximum atomic E-state index is 11.9. The molecule has 21 heavy (non-hydrogen) atoms. The zero-order valence-electron chi connectivity index (χ0n) is 11.6. The molecule has 2 rings (SSSR count). The highest BCUT2D eigenvalue weighted by Gasteiger charge is 2.07. The van der Waals surface area contributed by atoms with Crippen LogP contribution < -0.4 is 5.43 Å². The van der Waals surface area contributed by atoms with Crippen molar-refractivity contribution in [2.24, 2.45) is 0 Å². The number of benzene rings is 1. The fourth-order valence-corrected chi connectivity index (χ4v) is 2.20. The van der Waals surface area contributed by atoms with Crippen molar-refractivity contribution in [1.29, 1.82) is 0 Å². The summed E-state index contributed by atoms with van der Waals surface area (Å²) >= 11 is 6.03. The molecule has 1 heterocycles. The largest absolute Gasteiger partial charge is 0.478 e. The molecule has 0 saturated heterocycles. The molecule has 2 aromatic rings. The van der Waals surface area contributed by atoms with Crippen molar-refractivity contribution >= 4 is 23.6 Å². The van der Waals surface area contributed by atoms with Crippen molar-refractivity contribution in [2.45, 2.75) is 13.8 Å². The summed E-state index contributed by atoms with van der Waals surface area (Å²) in [6.07, 6.45) is 3.86. The highest BCUT2D eigenvalue weighted by Crippen LogP contribution is 2.21. The number of nitrogens with zero attached hydrogens (tertiary/aromatic N) is 1. The normalized spacial score (nSPS) is 11.0. The maximum Gasteiger partial charge on any atom is 0.328 e. The first kappa shape index (κ1) is 15.1. The fraction of sp³-hybridized carbons (Fsp3) is 0.125. The minimum atomic E-state index is -1.10. The number of aryl methyl sites for hydroxylation is 2. The lowest BCUT2D eigenvalue weighted by atomic mass is 10.1. The molecule has 1 aromatic carbocycles.